The van der Waals surface area contributed by atoms with E-state index in [1.807, 2.05) is 6.92 Å². The Bertz CT molecular complexity index is 1420. The molecule has 1 aliphatic heterocycles. The van der Waals surface area contributed by atoms with Gasteiger partial charge in [0, 0.05) is 63.2 Å². The molecule has 1 atom stereocenters. The number of morpholine rings is 1. The molecule has 0 spiro atoms. The van der Waals surface area contributed by atoms with Crippen molar-refractivity contribution in [2.24, 2.45) is 0 Å². The van der Waals surface area contributed by atoms with Gasteiger partial charge in [0.2, 0.25) is 0 Å². The van der Waals surface area contributed by atoms with Gasteiger partial charge in [0.05, 0.1) is 36.5 Å². The molecule has 1 unspecified atom stereocenters. The first kappa shape index (κ1) is 33.4. The van der Waals surface area contributed by atoms with E-state index in [1.165, 1.54) is 21.9 Å². The van der Waals surface area contributed by atoms with Crippen LogP contribution >= 0.6 is 0 Å². The van der Waals surface area contributed by atoms with Crippen LogP contribution in [0.25, 0.3) is 11.0 Å². The Morgan fingerprint density at radius 1 is 1.05 bits per heavy atom. The number of nitrogens with one attached hydrogen (secondary N) is 1. The van der Waals surface area contributed by atoms with Crippen molar-refractivity contribution in [2.75, 3.05) is 63.7 Å². The summed E-state index contributed by atoms with van der Waals surface area (Å²) >= 11 is 0. The number of anilines is 2. The van der Waals surface area contributed by atoms with Crippen LogP contribution in [0, 0.1) is 11.6 Å². The quantitative estimate of drug-likeness (QED) is 0.362. The Morgan fingerprint density at radius 3 is 2.30 bits per heavy atom. The maximum Gasteiger partial charge on any atom is 0.410 e. The van der Waals surface area contributed by atoms with Crippen LogP contribution in [0.2, 0.25) is 0 Å². The molecule has 12 heteroatoms. The molecule has 0 radical (unpaired) electrons. The minimum absolute atomic E-state index is 0. The van der Waals surface area contributed by atoms with Crippen molar-refractivity contribution in [3.63, 3.8) is 0 Å². The molecule has 1 aliphatic rings. The third kappa shape index (κ3) is 8.73. The van der Waals surface area contributed by atoms with E-state index in [2.05, 4.69) is 15.2 Å². The molecule has 4 rings (SSSR count). The lowest BCUT2D eigenvalue weighted by Crippen LogP contribution is -2.40. The Balaban J connectivity index is 0.00000506. The molecule has 2 heterocycles. The van der Waals surface area contributed by atoms with Crippen molar-refractivity contribution in [3.8, 4) is 0 Å². The SMILES string of the molecule is C.CC(Nc1cc(F)cc(F)c1)c1cc(C(=O)N(C)CCN(C)C(=O)OC(C)(C)C)cc2ncc(N3CCOCC3)nc12. The minimum Gasteiger partial charge on any atom is -0.444 e. The average molecular weight is 601 g/mol. The highest BCUT2D eigenvalue weighted by atomic mass is 19.1. The number of likely N-dealkylation sites (N-methyl/N-ethyl adjacent to an activating group) is 2. The zero-order chi connectivity index (χ0) is 30.6. The Labute approximate surface area is 252 Å². The van der Waals surface area contributed by atoms with Crippen LogP contribution in [0.1, 0.15) is 57.1 Å². The lowest BCUT2D eigenvalue weighted by atomic mass is 10.0. The summed E-state index contributed by atoms with van der Waals surface area (Å²) in [6.45, 7) is 10.2. The van der Waals surface area contributed by atoms with Crippen LogP contribution in [0.15, 0.2) is 36.5 Å². The third-order valence-corrected chi connectivity index (χ3v) is 6.78. The Kier molecular flexibility index (Phi) is 10.8. The van der Waals surface area contributed by atoms with Crippen molar-refractivity contribution < 1.29 is 27.8 Å². The standard InChI is InChI=1S/C30H38F2N6O4.CH4/c1-19(34-23-16-21(31)15-22(32)17-23)24-13-20(28(39)36(5)7-8-37(6)29(40)42-30(2,3)4)14-25-27(24)35-26(18-33-25)38-9-11-41-12-10-38;/h13-19,34H,7-12H2,1-6H3;1H4. The first-order valence-electron chi connectivity index (χ1n) is 13.9. The number of amides is 2. The van der Waals surface area contributed by atoms with Gasteiger partial charge < -0.3 is 29.5 Å². The summed E-state index contributed by atoms with van der Waals surface area (Å²) in [6, 6.07) is 6.14. The van der Waals surface area contributed by atoms with Crippen LogP contribution in [-0.4, -0.2) is 90.9 Å². The second kappa shape index (κ2) is 13.9. The molecule has 43 heavy (non-hydrogen) atoms. The van der Waals surface area contributed by atoms with Crippen LogP contribution in [0.5, 0.6) is 0 Å². The molecule has 10 nitrogen and oxygen atoms in total. The summed E-state index contributed by atoms with van der Waals surface area (Å²) in [7, 11) is 3.27. The molecular weight excluding hydrogens is 558 g/mol. The molecule has 1 N–H and O–H groups in total. The van der Waals surface area contributed by atoms with Gasteiger partial charge in [-0.3, -0.25) is 9.78 Å². The van der Waals surface area contributed by atoms with E-state index in [9.17, 15) is 18.4 Å². The second-order valence-electron chi connectivity index (χ2n) is 11.4. The molecule has 2 amide bonds. The van der Waals surface area contributed by atoms with Crippen LogP contribution < -0.4 is 10.2 Å². The smallest absolute Gasteiger partial charge is 0.410 e. The number of nitrogens with zero attached hydrogens (tertiary/aromatic N) is 5. The third-order valence-electron chi connectivity index (χ3n) is 6.78. The molecule has 2 aromatic carbocycles. The van der Waals surface area contributed by atoms with Gasteiger partial charge in [-0.2, -0.15) is 0 Å². The average Bonchev–Trinajstić information content (AvgIpc) is 2.93. The summed E-state index contributed by atoms with van der Waals surface area (Å²) in [4.78, 5) is 40.4. The zero-order valence-corrected chi connectivity index (χ0v) is 24.9. The molecule has 0 saturated carbocycles. The largest absolute Gasteiger partial charge is 0.444 e. The van der Waals surface area contributed by atoms with Gasteiger partial charge in [-0.05, 0) is 52.0 Å². The predicted molar refractivity (Wildman–Crippen MR) is 164 cm³/mol. The van der Waals surface area contributed by atoms with Gasteiger partial charge in [-0.25, -0.2) is 18.6 Å². The number of rotatable bonds is 8. The maximum atomic E-state index is 13.9. The molecule has 1 saturated heterocycles. The fourth-order valence-corrected chi connectivity index (χ4v) is 4.55. The van der Waals surface area contributed by atoms with Gasteiger partial charge in [0.15, 0.2) is 0 Å². The second-order valence-corrected chi connectivity index (χ2v) is 11.4. The van der Waals surface area contributed by atoms with E-state index in [0.717, 1.165) is 6.07 Å². The Morgan fingerprint density at radius 2 is 1.67 bits per heavy atom. The highest BCUT2D eigenvalue weighted by Crippen LogP contribution is 2.29. The van der Waals surface area contributed by atoms with Crippen molar-refractivity contribution >= 4 is 34.5 Å². The van der Waals surface area contributed by atoms with E-state index in [4.69, 9.17) is 14.5 Å². The lowest BCUT2D eigenvalue weighted by molar-refractivity contribution is 0.0283. The zero-order valence-electron chi connectivity index (χ0n) is 24.9. The van der Waals surface area contributed by atoms with Crippen molar-refractivity contribution in [1.29, 1.82) is 0 Å². The monoisotopic (exact) mass is 600 g/mol. The highest BCUT2D eigenvalue weighted by Gasteiger charge is 2.23. The van der Waals surface area contributed by atoms with E-state index in [1.54, 1.807) is 53.2 Å². The molecule has 0 aliphatic carbocycles. The van der Waals surface area contributed by atoms with Crippen molar-refractivity contribution in [2.45, 2.75) is 46.8 Å². The predicted octanol–water partition coefficient (Wildman–Crippen LogP) is 5.49. The first-order valence-corrected chi connectivity index (χ1v) is 13.9. The van der Waals surface area contributed by atoms with Crippen LogP contribution in [-0.2, 0) is 9.47 Å². The number of carbonyl (C=O) groups excluding carboxylic acids is 2. The Hall–Kier alpha value is -4.06. The molecule has 3 aromatic rings. The summed E-state index contributed by atoms with van der Waals surface area (Å²) in [5, 5.41) is 3.13. The number of aromatic nitrogens is 2. The number of hydrogen-bond acceptors (Lipinski definition) is 8. The molecule has 1 fully saturated rings. The lowest BCUT2D eigenvalue weighted by Gasteiger charge is -2.28. The first-order chi connectivity index (χ1) is 19.8. The number of carbonyl (C=O) groups is 2. The van der Waals surface area contributed by atoms with E-state index in [-0.39, 0.29) is 32.1 Å². The van der Waals surface area contributed by atoms with Crippen molar-refractivity contribution in [1.82, 2.24) is 19.8 Å². The van der Waals surface area contributed by atoms with Crippen molar-refractivity contribution in [3.05, 3.63) is 59.3 Å². The highest BCUT2D eigenvalue weighted by molar-refractivity contribution is 5.98. The number of halogens is 2. The fourth-order valence-electron chi connectivity index (χ4n) is 4.55. The molecule has 0 bridgehead atoms. The van der Waals surface area contributed by atoms with Crippen LogP contribution in [0.4, 0.5) is 25.1 Å². The van der Waals surface area contributed by atoms with Crippen LogP contribution in [0.3, 0.4) is 0 Å². The minimum atomic E-state index is -0.703. The number of ether oxygens (including phenoxy) is 2. The molecular formula is C31H42F2N6O4. The fraction of sp³-hybridized carbons (Fsp3) is 0.484. The summed E-state index contributed by atoms with van der Waals surface area (Å²) in [5.41, 5.74) is 1.71. The van der Waals surface area contributed by atoms with E-state index in [0.29, 0.717) is 54.3 Å². The van der Waals surface area contributed by atoms with Gasteiger partial charge in [-0.1, -0.05) is 7.43 Å². The normalized spacial score (nSPS) is 14.1. The summed E-state index contributed by atoms with van der Waals surface area (Å²) in [6.07, 6.45) is 1.20. The molecule has 1 aromatic heterocycles. The number of fused-ring (bicyclic) bond motifs is 1. The van der Waals surface area contributed by atoms with Gasteiger partial charge in [0.25, 0.3) is 5.91 Å². The van der Waals surface area contributed by atoms with E-state index < -0.39 is 29.4 Å². The van der Waals surface area contributed by atoms with Gasteiger partial charge in [0.1, 0.15) is 23.1 Å². The summed E-state index contributed by atoms with van der Waals surface area (Å²) in [5.74, 6) is -1.01. The number of hydrogen-bond donors (Lipinski definition) is 1. The van der Waals surface area contributed by atoms with Gasteiger partial charge in [-0.15, -0.1) is 0 Å². The molecule has 234 valence electrons. The maximum absolute atomic E-state index is 13.9. The summed E-state index contributed by atoms with van der Waals surface area (Å²) < 4.78 is 38.7. The van der Waals surface area contributed by atoms with E-state index >= 15 is 0 Å². The number of benzene rings is 2. The van der Waals surface area contributed by atoms with Gasteiger partial charge >= 0.3 is 6.09 Å². The topological polar surface area (TPSA) is 100 Å².